The van der Waals surface area contributed by atoms with Gasteiger partial charge in [-0.05, 0) is 30.3 Å². The van der Waals surface area contributed by atoms with Crippen LogP contribution in [-0.4, -0.2) is 16.1 Å². The van der Waals surface area contributed by atoms with Crippen LogP contribution >= 0.6 is 0 Å². The number of carbonyl (C=O) groups is 1. The van der Waals surface area contributed by atoms with Crippen molar-refractivity contribution in [3.05, 3.63) is 53.6 Å². The molecule has 0 aliphatic rings. The Morgan fingerprint density at radius 3 is 2.53 bits per heavy atom. The van der Waals surface area contributed by atoms with Crippen molar-refractivity contribution in [1.82, 2.24) is 0 Å². The number of amides is 1. The van der Waals surface area contributed by atoms with Crippen molar-refractivity contribution in [3.63, 3.8) is 0 Å². The van der Waals surface area contributed by atoms with Gasteiger partial charge in [0, 0.05) is 6.07 Å². The van der Waals surface area contributed by atoms with Crippen LogP contribution in [0.5, 0.6) is 11.5 Å². The Morgan fingerprint density at radius 1 is 1.05 bits per heavy atom. The van der Waals surface area contributed by atoms with Crippen LogP contribution in [0.2, 0.25) is 0 Å². The molecule has 19 heavy (non-hydrogen) atoms. The highest BCUT2D eigenvalue weighted by atomic mass is 19.1. The Morgan fingerprint density at radius 2 is 1.79 bits per heavy atom. The molecule has 0 saturated heterocycles. The molecular weight excluding hydrogens is 256 g/mol. The molecule has 0 radical (unpaired) electrons. The lowest BCUT2D eigenvalue weighted by Gasteiger charge is -2.08. The van der Waals surface area contributed by atoms with Gasteiger partial charge in [-0.2, -0.15) is 0 Å². The normalized spacial score (nSPS) is 10.2. The second kappa shape index (κ2) is 4.93. The van der Waals surface area contributed by atoms with Gasteiger partial charge in [-0.3, -0.25) is 4.79 Å². The number of nitrogens with one attached hydrogen (secondary N) is 1. The minimum atomic E-state index is -0.863. The largest absolute Gasteiger partial charge is 0.508 e. The first-order valence-electron chi connectivity index (χ1n) is 5.26. The first-order valence-corrected chi connectivity index (χ1v) is 5.26. The lowest BCUT2D eigenvalue weighted by Crippen LogP contribution is -2.13. The first-order chi connectivity index (χ1) is 8.97. The van der Waals surface area contributed by atoms with Gasteiger partial charge < -0.3 is 15.5 Å². The fourth-order valence-electron chi connectivity index (χ4n) is 1.49. The molecule has 0 aromatic heterocycles. The quantitative estimate of drug-likeness (QED) is 0.731. The maximum absolute atomic E-state index is 13.3. The summed E-state index contributed by atoms with van der Waals surface area (Å²) in [6.45, 7) is 0. The SMILES string of the molecule is O=C(Nc1cc(F)ccc1F)c1cc(O)ccc1O. The third-order valence-corrected chi connectivity index (χ3v) is 2.40. The van der Waals surface area contributed by atoms with Gasteiger partial charge in [0.2, 0.25) is 0 Å². The van der Waals surface area contributed by atoms with Crippen LogP contribution in [0.25, 0.3) is 0 Å². The van der Waals surface area contributed by atoms with E-state index >= 15 is 0 Å². The molecule has 0 bridgehead atoms. The molecule has 0 spiro atoms. The Hall–Kier alpha value is -2.63. The molecule has 0 saturated carbocycles. The van der Waals surface area contributed by atoms with Gasteiger partial charge in [-0.1, -0.05) is 0 Å². The van der Waals surface area contributed by atoms with Crippen LogP contribution in [0.4, 0.5) is 14.5 Å². The van der Waals surface area contributed by atoms with Crippen molar-refractivity contribution in [2.75, 3.05) is 5.32 Å². The molecule has 0 unspecified atom stereocenters. The zero-order valence-corrected chi connectivity index (χ0v) is 9.52. The van der Waals surface area contributed by atoms with Crippen LogP contribution in [0.3, 0.4) is 0 Å². The molecule has 98 valence electrons. The van der Waals surface area contributed by atoms with E-state index in [1.54, 1.807) is 0 Å². The molecule has 2 aromatic carbocycles. The summed E-state index contributed by atoms with van der Waals surface area (Å²) in [7, 11) is 0. The number of aromatic hydroxyl groups is 2. The summed E-state index contributed by atoms with van der Waals surface area (Å²) in [6, 6.07) is 5.92. The predicted octanol–water partition coefficient (Wildman–Crippen LogP) is 2.63. The standard InChI is InChI=1S/C13H9F2NO3/c14-7-1-3-10(15)11(5-7)16-13(19)9-6-8(17)2-4-12(9)18/h1-6,17-18H,(H,16,19). The molecule has 0 heterocycles. The number of phenols is 2. The van der Waals surface area contributed by atoms with Gasteiger partial charge in [-0.15, -0.1) is 0 Å². The molecule has 0 aliphatic heterocycles. The van der Waals surface area contributed by atoms with Gasteiger partial charge in [0.05, 0.1) is 11.3 Å². The summed E-state index contributed by atoms with van der Waals surface area (Å²) in [5.41, 5.74) is -0.601. The van der Waals surface area contributed by atoms with E-state index in [4.69, 9.17) is 0 Å². The maximum Gasteiger partial charge on any atom is 0.259 e. The number of phenolic OH excluding ortho intramolecular Hbond substituents is 2. The lowest BCUT2D eigenvalue weighted by atomic mass is 10.1. The van der Waals surface area contributed by atoms with E-state index in [0.29, 0.717) is 0 Å². The highest BCUT2D eigenvalue weighted by molar-refractivity contribution is 6.06. The Labute approximate surface area is 106 Å². The predicted molar refractivity (Wildman–Crippen MR) is 64.1 cm³/mol. The number of hydrogen-bond donors (Lipinski definition) is 3. The fraction of sp³-hybridized carbons (Fsp3) is 0. The van der Waals surface area contributed by atoms with Crippen molar-refractivity contribution in [2.45, 2.75) is 0 Å². The molecule has 1 amide bonds. The smallest absolute Gasteiger partial charge is 0.259 e. The average Bonchev–Trinajstić information content (AvgIpc) is 2.36. The second-order valence-electron chi connectivity index (χ2n) is 3.78. The van der Waals surface area contributed by atoms with Crippen LogP contribution in [0.1, 0.15) is 10.4 Å². The van der Waals surface area contributed by atoms with Gasteiger partial charge in [0.15, 0.2) is 0 Å². The minimum Gasteiger partial charge on any atom is -0.508 e. The third kappa shape index (κ3) is 2.79. The van der Waals surface area contributed by atoms with Crippen molar-refractivity contribution >= 4 is 11.6 Å². The second-order valence-corrected chi connectivity index (χ2v) is 3.78. The topological polar surface area (TPSA) is 69.6 Å². The summed E-state index contributed by atoms with van der Waals surface area (Å²) in [4.78, 5) is 11.8. The highest BCUT2D eigenvalue weighted by Gasteiger charge is 2.14. The molecule has 4 nitrogen and oxygen atoms in total. The summed E-state index contributed by atoms with van der Waals surface area (Å²) in [5.74, 6) is -3.00. The number of carbonyl (C=O) groups excluding carboxylic acids is 1. The van der Waals surface area contributed by atoms with E-state index in [2.05, 4.69) is 5.32 Å². The Bertz CT molecular complexity index is 644. The summed E-state index contributed by atoms with van der Waals surface area (Å²) in [5, 5.41) is 20.8. The van der Waals surface area contributed by atoms with Crippen LogP contribution < -0.4 is 5.32 Å². The Kier molecular flexibility index (Phi) is 3.33. The molecule has 0 fully saturated rings. The number of benzene rings is 2. The highest BCUT2D eigenvalue weighted by Crippen LogP contribution is 2.24. The third-order valence-electron chi connectivity index (χ3n) is 2.40. The van der Waals surface area contributed by atoms with E-state index in [0.717, 1.165) is 30.3 Å². The van der Waals surface area contributed by atoms with Crippen molar-refractivity contribution < 1.29 is 23.8 Å². The number of anilines is 1. The molecular formula is C13H9F2NO3. The summed E-state index contributed by atoms with van der Waals surface area (Å²) < 4.78 is 26.3. The molecule has 2 aromatic rings. The van der Waals surface area contributed by atoms with Crippen LogP contribution in [0.15, 0.2) is 36.4 Å². The van der Waals surface area contributed by atoms with Gasteiger partial charge in [-0.25, -0.2) is 8.78 Å². The average molecular weight is 265 g/mol. The Balaban J connectivity index is 2.30. The summed E-state index contributed by atoms with van der Waals surface area (Å²) in [6.07, 6.45) is 0. The minimum absolute atomic E-state index is 0.234. The monoisotopic (exact) mass is 265 g/mol. The maximum atomic E-state index is 13.3. The van der Waals surface area contributed by atoms with Crippen molar-refractivity contribution in [2.24, 2.45) is 0 Å². The fourth-order valence-corrected chi connectivity index (χ4v) is 1.49. The zero-order chi connectivity index (χ0) is 14.0. The first kappa shape index (κ1) is 12.8. The lowest BCUT2D eigenvalue weighted by molar-refractivity contribution is 0.102. The van der Waals surface area contributed by atoms with Gasteiger partial charge in [0.1, 0.15) is 23.1 Å². The molecule has 3 N–H and O–H groups in total. The van der Waals surface area contributed by atoms with Gasteiger partial charge in [0.25, 0.3) is 5.91 Å². The molecule has 2 rings (SSSR count). The number of rotatable bonds is 2. The van der Waals surface area contributed by atoms with E-state index in [1.165, 1.54) is 6.07 Å². The zero-order valence-electron chi connectivity index (χ0n) is 9.52. The summed E-state index contributed by atoms with van der Waals surface area (Å²) >= 11 is 0. The number of hydrogen-bond acceptors (Lipinski definition) is 3. The number of halogens is 2. The van der Waals surface area contributed by atoms with E-state index < -0.39 is 17.5 Å². The van der Waals surface area contributed by atoms with Crippen LogP contribution in [-0.2, 0) is 0 Å². The molecule has 0 atom stereocenters. The van der Waals surface area contributed by atoms with E-state index in [-0.39, 0.29) is 22.7 Å². The molecule has 6 heteroatoms. The molecule has 0 aliphatic carbocycles. The van der Waals surface area contributed by atoms with Crippen LogP contribution in [0, 0.1) is 11.6 Å². The van der Waals surface area contributed by atoms with E-state index in [1.807, 2.05) is 0 Å². The van der Waals surface area contributed by atoms with Crippen molar-refractivity contribution in [1.29, 1.82) is 0 Å². The van der Waals surface area contributed by atoms with Gasteiger partial charge >= 0.3 is 0 Å². The van der Waals surface area contributed by atoms with E-state index in [9.17, 15) is 23.8 Å². The van der Waals surface area contributed by atoms with Crippen molar-refractivity contribution in [3.8, 4) is 11.5 Å².